The molecule has 1 saturated heterocycles. The second-order valence-electron chi connectivity index (χ2n) is 4.99. The lowest BCUT2D eigenvalue weighted by atomic mass is 10.0. The van der Waals surface area contributed by atoms with Crippen LogP contribution in [-0.4, -0.2) is 46.6 Å². The highest BCUT2D eigenvalue weighted by Crippen LogP contribution is 2.32. The van der Waals surface area contributed by atoms with Gasteiger partial charge in [0.05, 0.1) is 12.2 Å². The van der Waals surface area contributed by atoms with Crippen molar-refractivity contribution < 1.29 is 28.5 Å². The zero-order valence-corrected chi connectivity index (χ0v) is 14.4. The van der Waals surface area contributed by atoms with Crippen molar-refractivity contribution in [1.29, 1.82) is 0 Å². The van der Waals surface area contributed by atoms with Crippen molar-refractivity contribution in [3.05, 3.63) is 0 Å². The second-order valence-corrected chi connectivity index (χ2v) is 6.43. The third-order valence-electron chi connectivity index (χ3n) is 2.72. The molecule has 0 saturated carbocycles. The SMILES string of the molecule is CC(=O)O[C@@H]1[C@@H](OC(C)=O)[C@@H](I)[C@H](OC(C)C)O[C@H]1C. The van der Waals surface area contributed by atoms with Gasteiger partial charge in [-0.05, 0) is 20.8 Å². The van der Waals surface area contributed by atoms with Crippen LogP contribution in [-0.2, 0) is 28.5 Å². The van der Waals surface area contributed by atoms with Crippen molar-refractivity contribution >= 4 is 34.5 Å². The molecule has 6 nitrogen and oxygen atoms in total. The summed E-state index contributed by atoms with van der Waals surface area (Å²) in [6.07, 6.45) is -2.18. The van der Waals surface area contributed by atoms with Gasteiger partial charge in [0.15, 0.2) is 18.5 Å². The minimum atomic E-state index is -0.634. The molecule has 5 atom stereocenters. The first-order chi connectivity index (χ1) is 9.22. The summed E-state index contributed by atoms with van der Waals surface area (Å²) in [7, 11) is 0. The maximum Gasteiger partial charge on any atom is 0.303 e. The fraction of sp³-hybridized carbons (Fsp3) is 0.846. The standard InChI is InChI=1S/C13H21IO6/c1-6(2)17-13-10(14)12(20-9(5)16)11(7(3)18-13)19-8(4)15/h6-7,10-13H,1-5H3/t7-,10+,11-,12-,13+/m0/s1. The van der Waals surface area contributed by atoms with Gasteiger partial charge < -0.3 is 18.9 Å². The van der Waals surface area contributed by atoms with Gasteiger partial charge in [-0.3, -0.25) is 9.59 Å². The highest BCUT2D eigenvalue weighted by molar-refractivity contribution is 14.1. The van der Waals surface area contributed by atoms with Crippen LogP contribution in [0.2, 0.25) is 0 Å². The maximum atomic E-state index is 11.3. The number of hydrogen-bond donors (Lipinski definition) is 0. The van der Waals surface area contributed by atoms with Crippen LogP contribution >= 0.6 is 22.6 Å². The van der Waals surface area contributed by atoms with Gasteiger partial charge in [0, 0.05) is 13.8 Å². The van der Waals surface area contributed by atoms with Crippen LogP contribution in [0.15, 0.2) is 0 Å². The molecule has 0 aliphatic carbocycles. The van der Waals surface area contributed by atoms with Crippen molar-refractivity contribution in [2.45, 2.75) is 69.2 Å². The molecule has 0 radical (unpaired) electrons. The van der Waals surface area contributed by atoms with Gasteiger partial charge >= 0.3 is 11.9 Å². The van der Waals surface area contributed by atoms with E-state index < -0.39 is 36.5 Å². The molecule has 1 rings (SSSR count). The van der Waals surface area contributed by atoms with Crippen molar-refractivity contribution in [3.63, 3.8) is 0 Å². The predicted octanol–water partition coefficient (Wildman–Crippen LogP) is 1.82. The number of halogens is 1. The zero-order chi connectivity index (χ0) is 15.4. The van der Waals surface area contributed by atoms with E-state index >= 15 is 0 Å². The van der Waals surface area contributed by atoms with E-state index in [2.05, 4.69) is 22.6 Å². The lowest BCUT2D eigenvalue weighted by Crippen LogP contribution is -2.58. The summed E-state index contributed by atoms with van der Waals surface area (Å²) < 4.78 is 21.7. The van der Waals surface area contributed by atoms with Gasteiger partial charge in [-0.1, -0.05) is 22.6 Å². The normalized spacial score (nSPS) is 33.9. The van der Waals surface area contributed by atoms with E-state index in [0.29, 0.717) is 0 Å². The number of esters is 2. The fourth-order valence-electron chi connectivity index (χ4n) is 2.02. The minimum Gasteiger partial charge on any atom is -0.457 e. The monoisotopic (exact) mass is 400 g/mol. The van der Waals surface area contributed by atoms with Crippen molar-refractivity contribution in [1.82, 2.24) is 0 Å². The molecular weight excluding hydrogens is 379 g/mol. The summed E-state index contributed by atoms with van der Waals surface area (Å²) in [5.41, 5.74) is 0. The number of carbonyl (C=O) groups excluding carboxylic acids is 2. The molecule has 20 heavy (non-hydrogen) atoms. The van der Waals surface area contributed by atoms with Crippen molar-refractivity contribution in [2.75, 3.05) is 0 Å². The molecule has 1 heterocycles. The fourth-order valence-corrected chi connectivity index (χ4v) is 2.92. The Morgan fingerprint density at radius 2 is 1.60 bits per heavy atom. The molecule has 0 amide bonds. The maximum absolute atomic E-state index is 11.3. The highest BCUT2D eigenvalue weighted by atomic mass is 127. The Hall–Kier alpha value is -0.410. The minimum absolute atomic E-state index is 0.0206. The summed E-state index contributed by atoms with van der Waals surface area (Å²) in [6, 6.07) is 0. The number of ether oxygens (including phenoxy) is 4. The Balaban J connectivity index is 2.90. The molecule has 1 fully saturated rings. The van der Waals surface area contributed by atoms with E-state index in [1.807, 2.05) is 13.8 Å². The molecule has 0 unspecified atom stereocenters. The van der Waals surface area contributed by atoms with E-state index in [-0.39, 0.29) is 10.0 Å². The van der Waals surface area contributed by atoms with Gasteiger partial charge in [-0.2, -0.15) is 0 Å². The zero-order valence-electron chi connectivity index (χ0n) is 12.3. The van der Waals surface area contributed by atoms with Crippen LogP contribution in [0, 0.1) is 0 Å². The molecule has 0 bridgehead atoms. The molecule has 0 aromatic heterocycles. The van der Waals surface area contributed by atoms with Gasteiger partial charge in [0.1, 0.15) is 3.92 Å². The van der Waals surface area contributed by atoms with Gasteiger partial charge in [-0.25, -0.2) is 0 Å². The average molecular weight is 400 g/mol. The first-order valence-corrected chi connectivity index (χ1v) is 7.76. The highest BCUT2D eigenvalue weighted by Gasteiger charge is 2.47. The second kappa shape index (κ2) is 7.56. The third-order valence-corrected chi connectivity index (χ3v) is 4.02. The summed E-state index contributed by atoms with van der Waals surface area (Å²) in [5, 5.41) is 0. The van der Waals surface area contributed by atoms with E-state index in [1.54, 1.807) is 6.92 Å². The Morgan fingerprint density at radius 3 is 2.05 bits per heavy atom. The molecule has 7 heteroatoms. The predicted molar refractivity (Wildman–Crippen MR) is 79.5 cm³/mol. The Bertz CT molecular complexity index is 359. The van der Waals surface area contributed by atoms with Crippen LogP contribution in [0.5, 0.6) is 0 Å². The Labute approximate surface area is 132 Å². The molecule has 1 aliphatic rings. The van der Waals surface area contributed by atoms with Crippen LogP contribution in [0.25, 0.3) is 0 Å². The Morgan fingerprint density at radius 1 is 1.10 bits per heavy atom. The van der Waals surface area contributed by atoms with E-state index in [1.165, 1.54) is 13.8 Å². The summed E-state index contributed by atoms with van der Waals surface area (Å²) in [6.45, 7) is 8.21. The number of rotatable bonds is 4. The topological polar surface area (TPSA) is 71.1 Å². The smallest absolute Gasteiger partial charge is 0.303 e. The molecule has 116 valence electrons. The lowest BCUT2D eigenvalue weighted by molar-refractivity contribution is -0.256. The van der Waals surface area contributed by atoms with Gasteiger partial charge in [0.2, 0.25) is 0 Å². The van der Waals surface area contributed by atoms with Crippen molar-refractivity contribution in [2.24, 2.45) is 0 Å². The molecule has 0 spiro atoms. The van der Waals surface area contributed by atoms with Crippen LogP contribution in [0.3, 0.4) is 0 Å². The number of alkyl halides is 1. The van der Waals surface area contributed by atoms with Crippen LogP contribution in [0.4, 0.5) is 0 Å². The van der Waals surface area contributed by atoms with E-state index in [9.17, 15) is 9.59 Å². The van der Waals surface area contributed by atoms with Crippen LogP contribution in [0.1, 0.15) is 34.6 Å². The molecular formula is C13H21IO6. The largest absolute Gasteiger partial charge is 0.457 e. The Kier molecular flexibility index (Phi) is 6.67. The van der Waals surface area contributed by atoms with Crippen LogP contribution < -0.4 is 0 Å². The van der Waals surface area contributed by atoms with Gasteiger partial charge in [-0.15, -0.1) is 0 Å². The number of hydrogen-bond acceptors (Lipinski definition) is 6. The molecule has 0 aromatic rings. The molecule has 0 N–H and O–H groups in total. The average Bonchev–Trinajstić information content (AvgIpc) is 2.28. The first-order valence-electron chi connectivity index (χ1n) is 6.51. The lowest BCUT2D eigenvalue weighted by Gasteiger charge is -2.42. The van der Waals surface area contributed by atoms with E-state index in [0.717, 1.165) is 0 Å². The summed E-state index contributed by atoms with van der Waals surface area (Å²) in [5.74, 6) is -0.861. The molecule has 1 aliphatic heterocycles. The van der Waals surface area contributed by atoms with E-state index in [4.69, 9.17) is 18.9 Å². The third kappa shape index (κ3) is 4.85. The summed E-state index contributed by atoms with van der Waals surface area (Å²) in [4.78, 5) is 22.5. The first kappa shape index (κ1) is 17.6. The van der Waals surface area contributed by atoms with Crippen molar-refractivity contribution in [3.8, 4) is 0 Å². The summed E-state index contributed by atoms with van der Waals surface area (Å²) >= 11 is 2.10. The molecule has 0 aromatic carbocycles. The number of carbonyl (C=O) groups is 2. The quantitative estimate of drug-likeness (QED) is 0.408. The van der Waals surface area contributed by atoms with Gasteiger partial charge in [0.25, 0.3) is 0 Å².